The molecule has 1 aliphatic rings. The number of carbonyl (C=O) groups is 2. The molecule has 0 saturated heterocycles. The van der Waals surface area contributed by atoms with Crippen LogP contribution in [0, 0.1) is 0 Å². The topological polar surface area (TPSA) is 34.1 Å². The van der Waals surface area contributed by atoms with E-state index in [9.17, 15) is 9.59 Å². The molecule has 0 N–H and O–H groups in total. The Kier molecular flexibility index (Phi) is 7.56. The minimum Gasteiger partial charge on any atom is -0.300 e. The van der Waals surface area contributed by atoms with E-state index in [0.717, 1.165) is 38.5 Å². The maximum Gasteiger partial charge on any atom is 0.132 e. The summed E-state index contributed by atoms with van der Waals surface area (Å²) in [6, 6.07) is 0. The van der Waals surface area contributed by atoms with E-state index in [1.807, 2.05) is 13.8 Å². The molecule has 0 amide bonds. The van der Waals surface area contributed by atoms with Gasteiger partial charge in [0.2, 0.25) is 0 Å². The first-order chi connectivity index (χ1) is 6.20. The smallest absolute Gasteiger partial charge is 0.132 e. The van der Waals surface area contributed by atoms with Crippen molar-refractivity contribution in [2.45, 2.75) is 58.8 Å². The van der Waals surface area contributed by atoms with Crippen molar-refractivity contribution in [2.24, 2.45) is 0 Å². The molecule has 0 unspecified atom stereocenters. The van der Waals surface area contributed by atoms with Crippen molar-refractivity contribution in [2.75, 3.05) is 0 Å². The molecule has 1 aliphatic carbocycles. The average Bonchev–Trinajstić information content (AvgIpc) is 2.57. The van der Waals surface area contributed by atoms with Crippen LogP contribution in [0.4, 0.5) is 0 Å². The van der Waals surface area contributed by atoms with Crippen molar-refractivity contribution in [3.63, 3.8) is 0 Å². The minimum absolute atomic E-state index is 0.377. The van der Waals surface area contributed by atoms with Crippen molar-refractivity contribution in [3.8, 4) is 0 Å². The zero-order valence-corrected chi connectivity index (χ0v) is 8.77. The van der Waals surface area contributed by atoms with Gasteiger partial charge in [-0.1, -0.05) is 13.8 Å². The fourth-order valence-electron chi connectivity index (χ4n) is 1.22. The summed E-state index contributed by atoms with van der Waals surface area (Å²) in [6.07, 6.45) is 6.43. The first-order valence-electron chi connectivity index (χ1n) is 5.24. The third kappa shape index (κ3) is 7.69. The van der Waals surface area contributed by atoms with Crippen molar-refractivity contribution in [1.29, 1.82) is 0 Å². The maximum absolute atomic E-state index is 10.4. The lowest BCUT2D eigenvalue weighted by Gasteiger charge is -1.87. The molecular formula is C11H20O2. The number of Topliss-reactive ketones (excluding diaryl/α,β-unsaturated/α-hetero) is 2. The molecule has 0 aromatic heterocycles. The lowest BCUT2D eigenvalue weighted by Crippen LogP contribution is -1.91. The lowest BCUT2D eigenvalue weighted by molar-refractivity contribution is -0.119. The van der Waals surface area contributed by atoms with E-state index >= 15 is 0 Å². The van der Waals surface area contributed by atoms with Crippen LogP contribution < -0.4 is 0 Å². The quantitative estimate of drug-likeness (QED) is 0.675. The van der Waals surface area contributed by atoms with Crippen LogP contribution in [0.3, 0.4) is 0 Å². The molecule has 76 valence electrons. The van der Waals surface area contributed by atoms with Gasteiger partial charge in [0.15, 0.2) is 0 Å². The molecule has 0 heterocycles. The molecule has 2 nitrogen and oxygen atoms in total. The third-order valence-electron chi connectivity index (χ3n) is 2.08. The number of rotatable bonds is 3. The van der Waals surface area contributed by atoms with E-state index in [1.54, 1.807) is 0 Å². The van der Waals surface area contributed by atoms with Crippen LogP contribution >= 0.6 is 0 Å². The largest absolute Gasteiger partial charge is 0.300 e. The Bertz CT molecular complexity index is 153. The monoisotopic (exact) mass is 184 g/mol. The highest BCUT2D eigenvalue weighted by atomic mass is 16.1. The van der Waals surface area contributed by atoms with Gasteiger partial charge in [0.25, 0.3) is 0 Å². The summed E-state index contributed by atoms with van der Waals surface area (Å²) in [5, 5.41) is 0. The fraction of sp³-hybridized carbons (Fsp3) is 0.818. The van der Waals surface area contributed by atoms with Crippen molar-refractivity contribution in [3.05, 3.63) is 0 Å². The molecule has 13 heavy (non-hydrogen) atoms. The Labute approximate surface area is 80.7 Å². The van der Waals surface area contributed by atoms with Crippen LogP contribution in [0.15, 0.2) is 0 Å². The molecule has 0 atom stereocenters. The van der Waals surface area contributed by atoms with Crippen LogP contribution in [-0.4, -0.2) is 11.6 Å². The first-order valence-corrected chi connectivity index (χ1v) is 5.24. The highest BCUT2D eigenvalue weighted by Crippen LogP contribution is 2.11. The second-order valence-electron chi connectivity index (χ2n) is 3.39. The summed E-state index contributed by atoms with van der Waals surface area (Å²) < 4.78 is 0. The highest BCUT2D eigenvalue weighted by Gasteiger charge is 2.07. The van der Waals surface area contributed by atoms with E-state index in [0.29, 0.717) is 18.0 Å². The lowest BCUT2D eigenvalue weighted by atomic mass is 10.2. The first kappa shape index (κ1) is 12.3. The van der Waals surface area contributed by atoms with Crippen molar-refractivity contribution < 1.29 is 9.59 Å². The summed E-state index contributed by atoms with van der Waals surface area (Å²) in [7, 11) is 0. The van der Waals surface area contributed by atoms with Gasteiger partial charge in [-0.2, -0.15) is 0 Å². The SMILES string of the molecule is CCCC(=O)CC.O=C1CCCC1. The molecule has 1 fully saturated rings. The molecule has 1 rings (SSSR count). The summed E-state index contributed by atoms with van der Waals surface area (Å²) >= 11 is 0. The van der Waals surface area contributed by atoms with Crippen molar-refractivity contribution >= 4 is 11.6 Å². The zero-order valence-electron chi connectivity index (χ0n) is 8.77. The molecule has 0 spiro atoms. The molecule has 0 radical (unpaired) electrons. The number of hydrogen-bond donors (Lipinski definition) is 0. The van der Waals surface area contributed by atoms with Crippen LogP contribution in [0.25, 0.3) is 0 Å². The summed E-state index contributed by atoms with van der Waals surface area (Å²) in [4.78, 5) is 20.7. The zero-order chi connectivity index (χ0) is 10.1. The Morgan fingerprint density at radius 2 is 1.77 bits per heavy atom. The Balaban J connectivity index is 0.000000223. The van der Waals surface area contributed by atoms with Gasteiger partial charge < -0.3 is 0 Å². The third-order valence-corrected chi connectivity index (χ3v) is 2.08. The van der Waals surface area contributed by atoms with E-state index < -0.39 is 0 Å². The minimum atomic E-state index is 0.377. The highest BCUT2D eigenvalue weighted by molar-refractivity contribution is 5.80. The number of ketones is 2. The Morgan fingerprint density at radius 1 is 1.23 bits per heavy atom. The molecule has 0 bridgehead atoms. The van der Waals surface area contributed by atoms with E-state index in [4.69, 9.17) is 0 Å². The fourth-order valence-corrected chi connectivity index (χ4v) is 1.22. The van der Waals surface area contributed by atoms with Gasteiger partial charge in [-0.15, -0.1) is 0 Å². The standard InChI is InChI=1S/C6H12O.C5H8O/c1-3-5-6(7)4-2;6-5-3-1-2-4-5/h3-5H2,1-2H3;1-4H2. The van der Waals surface area contributed by atoms with Crippen LogP contribution in [-0.2, 0) is 9.59 Å². The van der Waals surface area contributed by atoms with E-state index in [-0.39, 0.29) is 0 Å². The molecule has 0 aliphatic heterocycles. The van der Waals surface area contributed by atoms with Gasteiger partial charge in [0, 0.05) is 25.7 Å². The molecular weight excluding hydrogens is 164 g/mol. The Hall–Kier alpha value is -0.660. The van der Waals surface area contributed by atoms with Gasteiger partial charge in [-0.3, -0.25) is 9.59 Å². The van der Waals surface area contributed by atoms with Gasteiger partial charge in [-0.25, -0.2) is 0 Å². The summed E-state index contributed by atoms with van der Waals surface area (Å²) in [5.41, 5.74) is 0. The molecule has 2 heteroatoms. The van der Waals surface area contributed by atoms with Crippen LogP contribution in [0.1, 0.15) is 58.8 Å². The normalized spacial score (nSPS) is 15.1. The summed E-state index contributed by atoms with van der Waals surface area (Å²) in [5.74, 6) is 0.831. The molecule has 0 aromatic rings. The molecule has 1 saturated carbocycles. The van der Waals surface area contributed by atoms with Gasteiger partial charge in [-0.05, 0) is 19.3 Å². The predicted octanol–water partition coefficient (Wildman–Crippen LogP) is 2.90. The second-order valence-corrected chi connectivity index (χ2v) is 3.39. The summed E-state index contributed by atoms with van der Waals surface area (Å²) in [6.45, 7) is 3.92. The predicted molar refractivity (Wildman–Crippen MR) is 53.7 cm³/mol. The average molecular weight is 184 g/mol. The van der Waals surface area contributed by atoms with E-state index in [2.05, 4.69) is 0 Å². The number of carbonyl (C=O) groups excluding carboxylic acids is 2. The molecule has 0 aromatic carbocycles. The van der Waals surface area contributed by atoms with Crippen LogP contribution in [0.2, 0.25) is 0 Å². The van der Waals surface area contributed by atoms with Crippen molar-refractivity contribution in [1.82, 2.24) is 0 Å². The van der Waals surface area contributed by atoms with E-state index in [1.165, 1.54) is 0 Å². The van der Waals surface area contributed by atoms with Gasteiger partial charge >= 0.3 is 0 Å². The number of hydrogen-bond acceptors (Lipinski definition) is 2. The maximum atomic E-state index is 10.4. The van der Waals surface area contributed by atoms with Gasteiger partial charge in [0.05, 0.1) is 0 Å². The van der Waals surface area contributed by atoms with Crippen LogP contribution in [0.5, 0.6) is 0 Å². The van der Waals surface area contributed by atoms with Gasteiger partial charge in [0.1, 0.15) is 11.6 Å². The second kappa shape index (κ2) is 7.96. The Morgan fingerprint density at radius 3 is 1.92 bits per heavy atom.